The van der Waals surface area contributed by atoms with Gasteiger partial charge in [-0.2, -0.15) is 5.10 Å². The number of benzene rings is 1. The first-order chi connectivity index (χ1) is 9.79. The van der Waals surface area contributed by atoms with E-state index in [1.165, 1.54) is 18.4 Å². The summed E-state index contributed by atoms with van der Waals surface area (Å²) in [5.41, 5.74) is 8.32. The van der Waals surface area contributed by atoms with Gasteiger partial charge in [-0.25, -0.2) is 4.68 Å². The van der Waals surface area contributed by atoms with Crippen LogP contribution in [-0.2, 0) is 0 Å². The largest absolute Gasteiger partial charge is 0.329 e. The molecule has 0 amide bonds. The molecule has 1 fully saturated rings. The molecule has 1 aliphatic heterocycles. The molecule has 20 heavy (non-hydrogen) atoms. The lowest BCUT2D eigenvalue weighted by Gasteiger charge is -2.29. The third-order valence-electron chi connectivity index (χ3n) is 4.24. The fourth-order valence-electron chi connectivity index (χ4n) is 3.11. The summed E-state index contributed by atoms with van der Waals surface area (Å²) in [6.07, 6.45) is 6.60. The maximum atomic E-state index is 6.02. The zero-order chi connectivity index (χ0) is 13.9. The van der Waals surface area contributed by atoms with Crippen molar-refractivity contribution in [3.05, 3.63) is 48.3 Å². The van der Waals surface area contributed by atoms with Gasteiger partial charge in [0.1, 0.15) is 0 Å². The highest BCUT2D eigenvalue weighted by molar-refractivity contribution is 5.31. The molecule has 0 radical (unpaired) electrons. The summed E-state index contributed by atoms with van der Waals surface area (Å²) >= 11 is 0. The SMILES string of the molecule is CC1CCCN1C(CN)c1cnn(-c2ccccc2)c1. The highest BCUT2D eigenvalue weighted by atomic mass is 15.3. The number of aromatic nitrogens is 2. The van der Waals surface area contributed by atoms with E-state index in [-0.39, 0.29) is 6.04 Å². The lowest BCUT2D eigenvalue weighted by Crippen LogP contribution is -2.35. The second-order valence-electron chi connectivity index (χ2n) is 5.53. The van der Waals surface area contributed by atoms with Crippen molar-refractivity contribution in [2.75, 3.05) is 13.1 Å². The summed E-state index contributed by atoms with van der Waals surface area (Å²) in [5, 5.41) is 4.49. The van der Waals surface area contributed by atoms with E-state index >= 15 is 0 Å². The van der Waals surface area contributed by atoms with Crippen LogP contribution in [0.25, 0.3) is 5.69 Å². The van der Waals surface area contributed by atoms with Crippen LogP contribution in [0, 0.1) is 0 Å². The first-order valence-electron chi connectivity index (χ1n) is 7.35. The smallest absolute Gasteiger partial charge is 0.0645 e. The zero-order valence-corrected chi connectivity index (χ0v) is 11.9. The van der Waals surface area contributed by atoms with Crippen LogP contribution >= 0.6 is 0 Å². The van der Waals surface area contributed by atoms with Gasteiger partial charge in [-0.3, -0.25) is 4.90 Å². The maximum Gasteiger partial charge on any atom is 0.0645 e. The van der Waals surface area contributed by atoms with Gasteiger partial charge in [0.2, 0.25) is 0 Å². The molecule has 0 bridgehead atoms. The highest BCUT2D eigenvalue weighted by Crippen LogP contribution is 2.28. The Morgan fingerprint density at radius 1 is 1.35 bits per heavy atom. The molecule has 2 N–H and O–H groups in total. The average Bonchev–Trinajstić information content (AvgIpc) is 3.12. The molecule has 2 atom stereocenters. The molecule has 0 aliphatic carbocycles. The molecule has 1 aromatic carbocycles. The van der Waals surface area contributed by atoms with Gasteiger partial charge in [-0.05, 0) is 38.4 Å². The van der Waals surface area contributed by atoms with Crippen LogP contribution in [0.4, 0.5) is 0 Å². The molecular formula is C16H22N4. The number of para-hydroxylation sites is 1. The van der Waals surface area contributed by atoms with Crippen molar-refractivity contribution in [1.82, 2.24) is 14.7 Å². The molecule has 0 saturated carbocycles. The molecule has 2 unspecified atom stereocenters. The van der Waals surface area contributed by atoms with Crippen LogP contribution in [0.2, 0.25) is 0 Å². The molecule has 4 nitrogen and oxygen atoms in total. The second kappa shape index (κ2) is 5.77. The lowest BCUT2D eigenvalue weighted by atomic mass is 10.1. The summed E-state index contributed by atoms with van der Waals surface area (Å²) in [5.74, 6) is 0. The Bertz CT molecular complexity index is 549. The second-order valence-corrected chi connectivity index (χ2v) is 5.53. The van der Waals surface area contributed by atoms with Crippen LogP contribution in [-0.4, -0.2) is 33.8 Å². The topological polar surface area (TPSA) is 47.1 Å². The van der Waals surface area contributed by atoms with E-state index < -0.39 is 0 Å². The monoisotopic (exact) mass is 270 g/mol. The van der Waals surface area contributed by atoms with E-state index in [1.807, 2.05) is 29.1 Å². The van der Waals surface area contributed by atoms with Gasteiger partial charge < -0.3 is 5.73 Å². The molecular weight excluding hydrogens is 248 g/mol. The summed E-state index contributed by atoms with van der Waals surface area (Å²) in [4.78, 5) is 2.51. The first kappa shape index (κ1) is 13.3. The van der Waals surface area contributed by atoms with E-state index in [9.17, 15) is 0 Å². The van der Waals surface area contributed by atoms with Crippen LogP contribution in [0.3, 0.4) is 0 Å². The summed E-state index contributed by atoms with van der Waals surface area (Å²) in [6, 6.07) is 11.1. The van der Waals surface area contributed by atoms with E-state index in [1.54, 1.807) is 0 Å². The van der Waals surface area contributed by atoms with E-state index in [0.29, 0.717) is 12.6 Å². The number of hydrogen-bond acceptors (Lipinski definition) is 3. The van der Waals surface area contributed by atoms with E-state index in [4.69, 9.17) is 5.73 Å². The van der Waals surface area contributed by atoms with Gasteiger partial charge in [-0.15, -0.1) is 0 Å². The lowest BCUT2D eigenvalue weighted by molar-refractivity contribution is 0.195. The van der Waals surface area contributed by atoms with E-state index in [0.717, 1.165) is 12.2 Å². The molecule has 1 saturated heterocycles. The Kier molecular flexibility index (Phi) is 3.85. The third-order valence-corrected chi connectivity index (χ3v) is 4.24. The number of rotatable bonds is 4. The number of likely N-dealkylation sites (tertiary alicyclic amines) is 1. The number of nitrogens with zero attached hydrogens (tertiary/aromatic N) is 3. The first-order valence-corrected chi connectivity index (χ1v) is 7.35. The summed E-state index contributed by atoms with van der Waals surface area (Å²) in [6.45, 7) is 4.07. The number of nitrogens with two attached hydrogens (primary N) is 1. The van der Waals surface area contributed by atoms with Gasteiger partial charge in [0.15, 0.2) is 0 Å². The molecule has 106 valence electrons. The van der Waals surface area contributed by atoms with Gasteiger partial charge in [0.05, 0.1) is 17.9 Å². The fourth-order valence-corrected chi connectivity index (χ4v) is 3.11. The molecule has 2 heterocycles. The summed E-state index contributed by atoms with van der Waals surface area (Å²) in [7, 11) is 0. The molecule has 1 aromatic heterocycles. The van der Waals surface area contributed by atoms with Crippen LogP contribution in [0.5, 0.6) is 0 Å². The standard InChI is InChI=1S/C16H22N4/c1-13-6-5-9-19(13)16(10-17)14-11-18-20(12-14)15-7-3-2-4-8-15/h2-4,7-8,11-13,16H,5-6,9-10,17H2,1H3. The Hall–Kier alpha value is -1.65. The van der Waals surface area contributed by atoms with Crippen molar-refractivity contribution >= 4 is 0 Å². The molecule has 3 rings (SSSR count). The predicted octanol–water partition coefficient (Wildman–Crippen LogP) is 2.36. The van der Waals surface area contributed by atoms with Gasteiger partial charge in [-0.1, -0.05) is 18.2 Å². The van der Waals surface area contributed by atoms with Crippen molar-refractivity contribution < 1.29 is 0 Å². The van der Waals surface area contributed by atoms with Crippen LogP contribution in [0.15, 0.2) is 42.7 Å². The Morgan fingerprint density at radius 3 is 2.80 bits per heavy atom. The molecule has 0 spiro atoms. The van der Waals surface area contributed by atoms with Crippen molar-refractivity contribution in [2.24, 2.45) is 5.73 Å². The third kappa shape index (κ3) is 2.49. The Balaban J connectivity index is 1.85. The minimum Gasteiger partial charge on any atom is -0.329 e. The van der Waals surface area contributed by atoms with Crippen molar-refractivity contribution in [3.8, 4) is 5.69 Å². The van der Waals surface area contributed by atoms with Crippen LogP contribution in [0.1, 0.15) is 31.4 Å². The predicted molar refractivity (Wildman–Crippen MR) is 80.8 cm³/mol. The molecule has 4 heteroatoms. The zero-order valence-electron chi connectivity index (χ0n) is 11.9. The Morgan fingerprint density at radius 2 is 2.15 bits per heavy atom. The van der Waals surface area contributed by atoms with Crippen LogP contribution < -0.4 is 5.73 Å². The highest BCUT2D eigenvalue weighted by Gasteiger charge is 2.28. The van der Waals surface area contributed by atoms with Gasteiger partial charge in [0, 0.05) is 24.3 Å². The van der Waals surface area contributed by atoms with Gasteiger partial charge >= 0.3 is 0 Å². The average molecular weight is 270 g/mol. The van der Waals surface area contributed by atoms with Crippen molar-refractivity contribution in [1.29, 1.82) is 0 Å². The Labute approximate surface area is 120 Å². The molecule has 2 aromatic rings. The van der Waals surface area contributed by atoms with Crippen molar-refractivity contribution in [2.45, 2.75) is 31.8 Å². The summed E-state index contributed by atoms with van der Waals surface area (Å²) < 4.78 is 1.93. The fraction of sp³-hybridized carbons (Fsp3) is 0.438. The number of hydrogen-bond donors (Lipinski definition) is 1. The van der Waals surface area contributed by atoms with E-state index in [2.05, 4.69) is 35.3 Å². The maximum absolute atomic E-state index is 6.02. The minimum absolute atomic E-state index is 0.282. The minimum atomic E-state index is 0.282. The van der Waals surface area contributed by atoms with Crippen molar-refractivity contribution in [3.63, 3.8) is 0 Å². The normalized spacial score (nSPS) is 21.2. The quantitative estimate of drug-likeness (QED) is 0.927. The molecule has 1 aliphatic rings. The van der Waals surface area contributed by atoms with Gasteiger partial charge in [0.25, 0.3) is 0 Å².